The Morgan fingerprint density at radius 1 is 0.909 bits per heavy atom. The van der Waals surface area contributed by atoms with Crippen molar-refractivity contribution in [1.82, 2.24) is 9.62 Å². The first-order valence-corrected chi connectivity index (χ1v) is 13.5. The van der Waals surface area contributed by atoms with Gasteiger partial charge in [-0.25, -0.2) is 13.1 Å². The zero-order chi connectivity index (χ0) is 23.4. The molecule has 2 aromatic carbocycles. The number of benzene rings is 2. The molecule has 2 fully saturated rings. The van der Waals surface area contributed by atoms with Gasteiger partial charge in [0.25, 0.3) is 10.0 Å². The monoisotopic (exact) mass is 510 g/mol. The second kappa shape index (κ2) is 10.6. The predicted molar refractivity (Wildman–Crippen MR) is 129 cm³/mol. The van der Waals surface area contributed by atoms with Crippen LogP contribution in [0.3, 0.4) is 0 Å². The number of rotatable bonds is 6. The van der Waals surface area contributed by atoms with Gasteiger partial charge in [-0.1, -0.05) is 41.4 Å². The van der Waals surface area contributed by atoms with Gasteiger partial charge in [-0.3, -0.25) is 4.79 Å². The highest BCUT2D eigenvalue weighted by atomic mass is 35.5. The molecule has 1 saturated carbocycles. The average Bonchev–Trinajstić information content (AvgIpc) is 2.82. The van der Waals surface area contributed by atoms with Crippen molar-refractivity contribution in [3.8, 4) is 5.75 Å². The molecule has 2 aliphatic rings. The fraction of sp³-hybridized carbons (Fsp3) is 0.458. The maximum atomic E-state index is 12.6. The Morgan fingerprint density at radius 3 is 2.21 bits per heavy atom. The highest BCUT2D eigenvalue weighted by molar-refractivity contribution is 7.90. The Kier molecular flexibility index (Phi) is 7.84. The van der Waals surface area contributed by atoms with Crippen LogP contribution in [0.1, 0.15) is 38.5 Å². The molecule has 0 atom stereocenters. The van der Waals surface area contributed by atoms with E-state index in [0.717, 1.165) is 44.5 Å². The fourth-order valence-electron chi connectivity index (χ4n) is 4.68. The third-order valence-corrected chi connectivity index (χ3v) is 8.64. The molecule has 1 N–H and O–H groups in total. The first-order valence-electron chi connectivity index (χ1n) is 11.3. The number of piperidine rings is 1. The molecule has 0 aromatic heterocycles. The SMILES string of the molecule is O=C(NS(=O)(=O)c1ccccc1)[C@H]1CC[C@H](N2CCC(Oc3ccc(Cl)c(Cl)c3)CC2)CC1. The second-order valence-electron chi connectivity index (χ2n) is 8.72. The normalized spacial score (nSPS) is 22.6. The minimum absolute atomic E-state index is 0.109. The van der Waals surface area contributed by atoms with Crippen LogP contribution < -0.4 is 9.46 Å². The highest BCUT2D eigenvalue weighted by Gasteiger charge is 2.33. The molecule has 1 amide bonds. The van der Waals surface area contributed by atoms with Crippen LogP contribution in [0.15, 0.2) is 53.4 Å². The summed E-state index contributed by atoms with van der Waals surface area (Å²) in [6.07, 6.45) is 5.17. The minimum Gasteiger partial charge on any atom is -0.490 e. The first kappa shape index (κ1) is 24.3. The lowest BCUT2D eigenvalue weighted by Crippen LogP contribution is -2.46. The van der Waals surface area contributed by atoms with Gasteiger partial charge in [0.2, 0.25) is 5.91 Å². The van der Waals surface area contributed by atoms with Crippen LogP contribution in [0, 0.1) is 5.92 Å². The fourth-order valence-corrected chi connectivity index (χ4v) is 6.03. The third-order valence-electron chi connectivity index (χ3n) is 6.54. The zero-order valence-electron chi connectivity index (χ0n) is 18.3. The van der Waals surface area contributed by atoms with Crippen LogP contribution in [0.2, 0.25) is 10.0 Å². The zero-order valence-corrected chi connectivity index (χ0v) is 20.6. The second-order valence-corrected chi connectivity index (χ2v) is 11.2. The number of hydrogen-bond donors (Lipinski definition) is 1. The molecular weight excluding hydrogens is 483 g/mol. The van der Waals surface area contributed by atoms with Gasteiger partial charge in [0.1, 0.15) is 11.9 Å². The summed E-state index contributed by atoms with van der Waals surface area (Å²) in [7, 11) is -3.82. The average molecular weight is 511 g/mol. The standard InChI is InChI=1S/C24H28Cl2N2O4S/c25-22-11-10-20(16-23(22)26)32-19-12-14-28(15-13-19)18-8-6-17(7-9-18)24(29)27-33(30,31)21-4-2-1-3-5-21/h1-5,10-11,16-19H,6-9,12-15H2,(H,27,29)/t17-,18-. The molecule has 9 heteroatoms. The van der Waals surface area contributed by atoms with E-state index in [2.05, 4.69) is 9.62 Å². The highest BCUT2D eigenvalue weighted by Crippen LogP contribution is 2.32. The van der Waals surface area contributed by atoms with E-state index in [1.807, 2.05) is 6.07 Å². The smallest absolute Gasteiger partial charge is 0.264 e. The van der Waals surface area contributed by atoms with Crippen molar-refractivity contribution in [2.45, 2.75) is 55.6 Å². The molecule has 0 spiro atoms. The number of halogens is 2. The van der Waals surface area contributed by atoms with Crippen molar-refractivity contribution in [2.24, 2.45) is 5.92 Å². The van der Waals surface area contributed by atoms with E-state index in [1.54, 1.807) is 30.3 Å². The number of nitrogens with one attached hydrogen (secondary N) is 1. The van der Waals surface area contributed by atoms with Crippen molar-refractivity contribution < 1.29 is 17.9 Å². The van der Waals surface area contributed by atoms with Gasteiger partial charge < -0.3 is 9.64 Å². The number of likely N-dealkylation sites (tertiary alicyclic amines) is 1. The molecule has 0 radical (unpaired) electrons. The maximum Gasteiger partial charge on any atom is 0.264 e. The Bertz CT molecular complexity index is 1070. The van der Waals surface area contributed by atoms with Crippen LogP contribution in [0.5, 0.6) is 5.75 Å². The number of carbonyl (C=O) groups excluding carboxylic acids is 1. The summed E-state index contributed by atoms with van der Waals surface area (Å²) in [4.78, 5) is 15.2. The Hall–Kier alpha value is -1.80. The molecule has 6 nitrogen and oxygen atoms in total. The van der Waals surface area contributed by atoms with E-state index < -0.39 is 15.9 Å². The van der Waals surface area contributed by atoms with E-state index in [0.29, 0.717) is 28.9 Å². The molecular formula is C24H28Cl2N2O4S. The third kappa shape index (κ3) is 6.21. The topological polar surface area (TPSA) is 75.7 Å². The van der Waals surface area contributed by atoms with Crippen LogP contribution >= 0.6 is 23.2 Å². The van der Waals surface area contributed by atoms with E-state index in [4.69, 9.17) is 27.9 Å². The molecule has 1 aliphatic heterocycles. The quantitative estimate of drug-likeness (QED) is 0.597. The van der Waals surface area contributed by atoms with Gasteiger partial charge >= 0.3 is 0 Å². The van der Waals surface area contributed by atoms with Gasteiger partial charge in [-0.15, -0.1) is 0 Å². The number of carbonyl (C=O) groups is 1. The molecule has 0 unspecified atom stereocenters. The Balaban J connectivity index is 1.22. The van der Waals surface area contributed by atoms with Gasteiger partial charge in [-0.05, 0) is 62.8 Å². The summed E-state index contributed by atoms with van der Waals surface area (Å²) in [6.45, 7) is 1.88. The number of hydrogen-bond acceptors (Lipinski definition) is 5. The summed E-state index contributed by atoms with van der Waals surface area (Å²) in [6, 6.07) is 13.8. The largest absolute Gasteiger partial charge is 0.490 e. The van der Waals surface area contributed by atoms with Gasteiger partial charge in [0.15, 0.2) is 0 Å². The van der Waals surface area contributed by atoms with Crippen molar-refractivity contribution in [3.63, 3.8) is 0 Å². The number of nitrogens with zero attached hydrogens (tertiary/aromatic N) is 1. The number of ether oxygens (including phenoxy) is 1. The molecule has 1 aliphatic carbocycles. The molecule has 2 aromatic rings. The minimum atomic E-state index is -3.82. The first-order chi connectivity index (χ1) is 15.8. The van der Waals surface area contributed by atoms with Gasteiger partial charge in [0, 0.05) is 31.1 Å². The van der Waals surface area contributed by atoms with Crippen molar-refractivity contribution in [2.75, 3.05) is 13.1 Å². The lowest BCUT2D eigenvalue weighted by molar-refractivity contribution is -0.124. The number of amides is 1. The summed E-state index contributed by atoms with van der Waals surface area (Å²) in [5.41, 5.74) is 0. The molecule has 1 saturated heterocycles. The van der Waals surface area contributed by atoms with Gasteiger partial charge in [-0.2, -0.15) is 0 Å². The van der Waals surface area contributed by atoms with Gasteiger partial charge in [0.05, 0.1) is 14.9 Å². The summed E-state index contributed by atoms with van der Waals surface area (Å²) in [5.74, 6) is 0.0705. The van der Waals surface area contributed by atoms with E-state index in [-0.39, 0.29) is 16.9 Å². The van der Waals surface area contributed by atoms with E-state index >= 15 is 0 Å². The van der Waals surface area contributed by atoms with Crippen LogP contribution in [-0.2, 0) is 14.8 Å². The summed E-state index contributed by atoms with van der Waals surface area (Å²) < 4.78 is 33.2. The van der Waals surface area contributed by atoms with Crippen LogP contribution in [-0.4, -0.2) is 44.5 Å². The van der Waals surface area contributed by atoms with E-state index in [9.17, 15) is 13.2 Å². The van der Waals surface area contributed by atoms with Crippen molar-refractivity contribution >= 4 is 39.1 Å². The van der Waals surface area contributed by atoms with Crippen LogP contribution in [0.25, 0.3) is 0 Å². The summed E-state index contributed by atoms with van der Waals surface area (Å²) in [5, 5.41) is 1.00. The Labute approximate surface area is 205 Å². The summed E-state index contributed by atoms with van der Waals surface area (Å²) >= 11 is 12.0. The molecule has 33 heavy (non-hydrogen) atoms. The maximum absolute atomic E-state index is 12.6. The molecule has 1 heterocycles. The van der Waals surface area contributed by atoms with Crippen LogP contribution in [0.4, 0.5) is 0 Å². The van der Waals surface area contributed by atoms with Crippen molar-refractivity contribution in [1.29, 1.82) is 0 Å². The molecule has 178 valence electrons. The molecule has 4 rings (SSSR count). The lowest BCUT2D eigenvalue weighted by Gasteiger charge is -2.40. The lowest BCUT2D eigenvalue weighted by atomic mass is 9.84. The molecule has 0 bridgehead atoms. The Morgan fingerprint density at radius 2 is 1.58 bits per heavy atom. The van der Waals surface area contributed by atoms with E-state index in [1.165, 1.54) is 12.1 Å². The predicted octanol–water partition coefficient (Wildman–Crippen LogP) is 4.90. The number of sulfonamides is 1. The van der Waals surface area contributed by atoms with Crippen molar-refractivity contribution in [3.05, 3.63) is 58.6 Å².